The largest absolute Gasteiger partial charge is 0.162 e. The summed E-state index contributed by atoms with van der Waals surface area (Å²) in [4.78, 5) is 0. The number of hydrogen-bond donors (Lipinski definition) is 0. The summed E-state index contributed by atoms with van der Waals surface area (Å²) >= 11 is 7.76. The van der Waals surface area contributed by atoms with Crippen LogP contribution >= 0.6 is 23.4 Å². The van der Waals surface area contributed by atoms with Gasteiger partial charge in [0.2, 0.25) is 0 Å². The van der Waals surface area contributed by atoms with Crippen LogP contribution in [0.3, 0.4) is 0 Å². The van der Waals surface area contributed by atoms with Crippen LogP contribution in [0.15, 0.2) is 0 Å². The van der Waals surface area contributed by atoms with Gasteiger partial charge in [-0.25, -0.2) is 0 Å². The highest BCUT2D eigenvalue weighted by Gasteiger charge is 1.93. The lowest BCUT2D eigenvalue weighted by atomic mass is 10.1. The Hall–Kier alpha value is 0.640. The van der Waals surface area contributed by atoms with Gasteiger partial charge in [-0.05, 0) is 30.8 Å². The van der Waals surface area contributed by atoms with Crippen molar-refractivity contribution in [2.75, 3.05) is 17.4 Å². The fourth-order valence-corrected chi connectivity index (χ4v) is 3.30. The van der Waals surface area contributed by atoms with E-state index in [0.717, 1.165) is 5.88 Å². The molecule has 2 heteroatoms. The van der Waals surface area contributed by atoms with Crippen molar-refractivity contribution in [3.8, 4) is 0 Å². The Kier molecular flexibility index (Phi) is 18.3. The minimum atomic E-state index is 0.832. The molecule has 0 atom stereocenters. The number of hydrogen-bond acceptors (Lipinski definition) is 1. The van der Waals surface area contributed by atoms with Crippen molar-refractivity contribution in [2.24, 2.45) is 0 Å². The van der Waals surface area contributed by atoms with Crippen LogP contribution in [0.2, 0.25) is 0 Å². The second-order valence-electron chi connectivity index (χ2n) is 5.19. The van der Waals surface area contributed by atoms with Gasteiger partial charge in [0, 0.05) is 5.88 Å². The first-order chi connectivity index (χ1) is 8.91. The van der Waals surface area contributed by atoms with E-state index in [1.165, 1.54) is 88.6 Å². The summed E-state index contributed by atoms with van der Waals surface area (Å²) in [5.74, 6) is 3.50. The molecule has 0 aromatic carbocycles. The molecule has 0 fully saturated rings. The van der Waals surface area contributed by atoms with Crippen LogP contribution in [-0.2, 0) is 0 Å². The highest BCUT2D eigenvalue weighted by Crippen LogP contribution is 2.13. The summed E-state index contributed by atoms with van der Waals surface area (Å²) in [6.07, 6.45) is 16.9. The maximum atomic E-state index is 5.64. The molecule has 0 aromatic heterocycles. The molecule has 0 aliphatic heterocycles. The average molecular weight is 293 g/mol. The average Bonchev–Trinajstić information content (AvgIpc) is 2.39. The fraction of sp³-hybridized carbons (Fsp3) is 1.00. The molecule has 0 aliphatic rings. The van der Waals surface area contributed by atoms with E-state index in [9.17, 15) is 0 Å². The quantitative estimate of drug-likeness (QED) is 0.240. The predicted molar refractivity (Wildman–Crippen MR) is 89.1 cm³/mol. The summed E-state index contributed by atoms with van der Waals surface area (Å²) in [5.41, 5.74) is 0. The zero-order chi connectivity index (χ0) is 13.3. The number of halogens is 1. The normalized spacial score (nSPS) is 11.0. The maximum absolute atomic E-state index is 5.64. The molecule has 0 saturated heterocycles. The Labute approximate surface area is 125 Å². The van der Waals surface area contributed by atoms with E-state index in [4.69, 9.17) is 11.6 Å². The number of thioether (sulfide) groups is 1. The van der Waals surface area contributed by atoms with Gasteiger partial charge in [0.05, 0.1) is 0 Å². The van der Waals surface area contributed by atoms with Gasteiger partial charge in [0.1, 0.15) is 0 Å². The summed E-state index contributed by atoms with van der Waals surface area (Å²) in [5, 5.41) is 0. The molecule has 0 heterocycles. The van der Waals surface area contributed by atoms with Crippen LogP contribution in [0.5, 0.6) is 0 Å². The van der Waals surface area contributed by atoms with Crippen molar-refractivity contribution in [3.63, 3.8) is 0 Å². The van der Waals surface area contributed by atoms with Crippen molar-refractivity contribution in [3.05, 3.63) is 0 Å². The smallest absolute Gasteiger partial charge is 0.0223 e. The minimum absolute atomic E-state index is 0.832. The summed E-state index contributed by atoms with van der Waals surface area (Å²) in [6, 6.07) is 0. The molecule has 0 radical (unpaired) electrons. The highest BCUT2D eigenvalue weighted by molar-refractivity contribution is 7.99. The summed E-state index contributed by atoms with van der Waals surface area (Å²) in [6.45, 7) is 2.29. The molecule has 0 aliphatic carbocycles. The van der Waals surface area contributed by atoms with E-state index >= 15 is 0 Å². The Morgan fingerprint density at radius 2 is 1.06 bits per heavy atom. The zero-order valence-electron chi connectivity index (χ0n) is 12.4. The number of unbranched alkanes of at least 4 members (excludes halogenated alkanes) is 10. The third-order valence-electron chi connectivity index (χ3n) is 3.31. The van der Waals surface area contributed by atoms with Crippen LogP contribution in [0, 0.1) is 0 Å². The SMILES string of the molecule is CCCCCCCCCCCCSCCCCCl. The van der Waals surface area contributed by atoms with Gasteiger partial charge in [0.25, 0.3) is 0 Å². The van der Waals surface area contributed by atoms with Crippen LogP contribution in [0.1, 0.15) is 84.0 Å². The van der Waals surface area contributed by atoms with E-state index < -0.39 is 0 Å². The standard InChI is InChI=1S/C16H33ClS/c1-2-3-4-5-6-7-8-9-10-12-15-18-16-13-11-14-17/h2-16H2,1H3. The van der Waals surface area contributed by atoms with E-state index in [0.29, 0.717) is 0 Å². The minimum Gasteiger partial charge on any atom is -0.162 e. The molecule has 0 spiro atoms. The second-order valence-corrected chi connectivity index (χ2v) is 6.79. The second kappa shape index (κ2) is 17.6. The van der Waals surface area contributed by atoms with Gasteiger partial charge < -0.3 is 0 Å². The first kappa shape index (κ1) is 18.6. The van der Waals surface area contributed by atoms with Crippen LogP contribution in [0.4, 0.5) is 0 Å². The van der Waals surface area contributed by atoms with Gasteiger partial charge in [-0.1, -0.05) is 64.7 Å². The molecule has 0 bridgehead atoms. The lowest BCUT2D eigenvalue weighted by Gasteiger charge is -2.02. The summed E-state index contributed by atoms with van der Waals surface area (Å²) in [7, 11) is 0. The molecule has 0 unspecified atom stereocenters. The summed E-state index contributed by atoms with van der Waals surface area (Å²) < 4.78 is 0. The van der Waals surface area contributed by atoms with Gasteiger partial charge in [0.15, 0.2) is 0 Å². The number of rotatable bonds is 15. The van der Waals surface area contributed by atoms with Crippen LogP contribution in [-0.4, -0.2) is 17.4 Å². The Bertz CT molecular complexity index is 123. The Morgan fingerprint density at radius 3 is 1.56 bits per heavy atom. The molecular formula is C16H33ClS. The first-order valence-electron chi connectivity index (χ1n) is 8.05. The van der Waals surface area contributed by atoms with Crippen LogP contribution in [0.25, 0.3) is 0 Å². The van der Waals surface area contributed by atoms with E-state index in [1.54, 1.807) is 0 Å². The maximum Gasteiger partial charge on any atom is 0.0223 e. The molecule has 0 aromatic rings. The lowest BCUT2D eigenvalue weighted by Crippen LogP contribution is -1.86. The van der Waals surface area contributed by atoms with Gasteiger partial charge >= 0.3 is 0 Å². The molecule has 18 heavy (non-hydrogen) atoms. The molecular weight excluding hydrogens is 260 g/mol. The number of alkyl halides is 1. The van der Waals surface area contributed by atoms with Crippen LogP contribution < -0.4 is 0 Å². The zero-order valence-corrected chi connectivity index (χ0v) is 14.0. The molecule has 0 rings (SSSR count). The third kappa shape index (κ3) is 16.6. The van der Waals surface area contributed by atoms with E-state index in [-0.39, 0.29) is 0 Å². The first-order valence-corrected chi connectivity index (χ1v) is 9.74. The van der Waals surface area contributed by atoms with Crippen molar-refractivity contribution < 1.29 is 0 Å². The van der Waals surface area contributed by atoms with Crippen molar-refractivity contribution in [1.29, 1.82) is 0 Å². The van der Waals surface area contributed by atoms with Gasteiger partial charge in [-0.3, -0.25) is 0 Å². The molecule has 0 amide bonds. The van der Waals surface area contributed by atoms with Crippen molar-refractivity contribution in [1.82, 2.24) is 0 Å². The molecule has 110 valence electrons. The lowest BCUT2D eigenvalue weighted by molar-refractivity contribution is 0.563. The fourth-order valence-electron chi connectivity index (χ4n) is 2.09. The van der Waals surface area contributed by atoms with Gasteiger partial charge in [-0.15, -0.1) is 11.6 Å². The van der Waals surface area contributed by atoms with E-state index in [1.807, 2.05) is 0 Å². The Balaban J connectivity index is 2.86. The molecule has 0 N–H and O–H groups in total. The van der Waals surface area contributed by atoms with Crippen molar-refractivity contribution >= 4 is 23.4 Å². The third-order valence-corrected chi connectivity index (χ3v) is 4.74. The molecule has 0 saturated carbocycles. The monoisotopic (exact) mass is 292 g/mol. The molecule has 0 nitrogen and oxygen atoms in total. The Morgan fingerprint density at radius 1 is 0.611 bits per heavy atom. The topological polar surface area (TPSA) is 0 Å². The van der Waals surface area contributed by atoms with Crippen molar-refractivity contribution in [2.45, 2.75) is 84.0 Å². The highest BCUT2D eigenvalue weighted by atomic mass is 35.5. The predicted octanol–water partition coefficient (Wildman–Crippen LogP) is 6.66. The van der Waals surface area contributed by atoms with E-state index in [2.05, 4.69) is 18.7 Å². The van der Waals surface area contributed by atoms with Gasteiger partial charge in [-0.2, -0.15) is 11.8 Å².